The van der Waals surface area contributed by atoms with Crippen molar-refractivity contribution in [3.63, 3.8) is 0 Å². The number of hydrogen-bond donors (Lipinski definition) is 5. The molecule has 13 nitrogen and oxygen atoms in total. The summed E-state index contributed by atoms with van der Waals surface area (Å²) in [4.78, 5) is 24.4. The van der Waals surface area contributed by atoms with E-state index in [1.54, 1.807) is 0 Å². The lowest BCUT2D eigenvalue weighted by Crippen LogP contribution is -2.62. The summed E-state index contributed by atoms with van der Waals surface area (Å²) in [5.74, 6) is -1.78. The predicted octanol–water partition coefficient (Wildman–Crippen LogP) is 0.264. The average molecular weight is 510 g/mol. The highest BCUT2D eigenvalue weighted by atomic mass is 32.3. The normalized spacial score (nSPS) is 24.8. The number of aliphatic carboxylic acids is 1. The zero-order valence-corrected chi connectivity index (χ0v) is 18.2. The molecule has 2 heterocycles. The molecular weight excluding hydrogens is 492 g/mol. The van der Waals surface area contributed by atoms with Crippen molar-refractivity contribution in [2.24, 2.45) is 0 Å². The number of aliphatic hydroxyl groups is 2. The van der Waals surface area contributed by atoms with E-state index in [1.807, 2.05) is 0 Å². The molecule has 0 spiro atoms. The van der Waals surface area contributed by atoms with Crippen molar-refractivity contribution in [1.82, 2.24) is 0 Å². The largest absolute Gasteiger partial charge is 0.508 e. The molecule has 0 bridgehead atoms. The maximum Gasteiger partial charge on any atom is 0.397 e. The molecule has 5 N–H and O–H groups in total. The highest BCUT2D eigenvalue weighted by Gasteiger charge is 2.51. The highest BCUT2D eigenvalue weighted by Crippen LogP contribution is 2.29. The van der Waals surface area contributed by atoms with Gasteiger partial charge < -0.3 is 34.3 Å². The molecular formula is C21H18O13S. The van der Waals surface area contributed by atoms with Crippen LogP contribution in [0.2, 0.25) is 0 Å². The van der Waals surface area contributed by atoms with E-state index in [-0.39, 0.29) is 33.5 Å². The molecule has 1 aliphatic rings. The number of aromatic hydroxyl groups is 1. The molecule has 0 radical (unpaired) electrons. The van der Waals surface area contributed by atoms with Crippen LogP contribution in [0.5, 0.6) is 11.5 Å². The number of phenolic OH excluding ortho intramolecular Hbond substituents is 1. The Labute approximate surface area is 196 Å². The summed E-state index contributed by atoms with van der Waals surface area (Å²) in [5, 5.41) is 39.3. The van der Waals surface area contributed by atoms with Gasteiger partial charge >= 0.3 is 16.4 Å². The highest BCUT2D eigenvalue weighted by molar-refractivity contribution is 7.80. The number of carboxylic acids is 1. The van der Waals surface area contributed by atoms with E-state index >= 15 is 0 Å². The number of carboxylic acid groups (broad SMARTS) is 1. The number of carbonyl (C=O) groups is 1. The Morgan fingerprint density at radius 2 is 1.71 bits per heavy atom. The van der Waals surface area contributed by atoms with E-state index in [0.717, 1.165) is 0 Å². The second-order valence-electron chi connectivity index (χ2n) is 7.53. The van der Waals surface area contributed by atoms with Crippen LogP contribution in [0.15, 0.2) is 57.9 Å². The van der Waals surface area contributed by atoms with Crippen LogP contribution in [0.25, 0.3) is 22.1 Å². The predicted molar refractivity (Wildman–Crippen MR) is 115 cm³/mol. The topological polar surface area (TPSA) is 210 Å². The van der Waals surface area contributed by atoms with Gasteiger partial charge in [0.1, 0.15) is 41.7 Å². The molecule has 2 aromatic carbocycles. The minimum atomic E-state index is -5.19. The molecule has 14 heteroatoms. The van der Waals surface area contributed by atoms with Crippen molar-refractivity contribution in [1.29, 1.82) is 0 Å². The van der Waals surface area contributed by atoms with Gasteiger partial charge in [0.2, 0.25) is 6.29 Å². The van der Waals surface area contributed by atoms with Crippen molar-refractivity contribution >= 4 is 27.3 Å². The fraction of sp³-hybridized carbons (Fsp3) is 0.238. The van der Waals surface area contributed by atoms with Crippen LogP contribution in [-0.4, -0.2) is 70.1 Å². The van der Waals surface area contributed by atoms with Crippen LogP contribution in [-0.2, 0) is 24.1 Å². The van der Waals surface area contributed by atoms with Crippen LogP contribution in [0.4, 0.5) is 0 Å². The fourth-order valence-corrected chi connectivity index (χ4v) is 4.03. The van der Waals surface area contributed by atoms with E-state index in [2.05, 4.69) is 4.18 Å². The van der Waals surface area contributed by atoms with E-state index in [0.29, 0.717) is 5.56 Å². The number of hydrogen-bond acceptors (Lipinski definition) is 11. The number of aliphatic hydroxyl groups excluding tert-OH is 2. The van der Waals surface area contributed by atoms with E-state index in [1.165, 1.54) is 48.7 Å². The molecule has 0 amide bonds. The number of rotatable bonds is 6. The number of ether oxygens (including phenoxy) is 2. The van der Waals surface area contributed by atoms with Crippen LogP contribution >= 0.6 is 0 Å². The van der Waals surface area contributed by atoms with Gasteiger partial charge in [-0.1, -0.05) is 12.1 Å². The molecule has 35 heavy (non-hydrogen) atoms. The monoisotopic (exact) mass is 510 g/mol. The minimum absolute atomic E-state index is 0.0268. The van der Waals surface area contributed by atoms with E-state index < -0.39 is 47.1 Å². The summed E-state index contributed by atoms with van der Waals surface area (Å²) in [6.07, 6.45) is -9.02. The van der Waals surface area contributed by atoms with E-state index in [9.17, 15) is 38.4 Å². The Morgan fingerprint density at radius 3 is 2.34 bits per heavy atom. The molecule has 0 saturated carbocycles. The summed E-state index contributed by atoms with van der Waals surface area (Å²) >= 11 is 0. The Balaban J connectivity index is 1.60. The van der Waals surface area contributed by atoms with Gasteiger partial charge in [-0.25, -0.2) is 8.98 Å². The molecule has 5 atom stereocenters. The van der Waals surface area contributed by atoms with Crippen LogP contribution in [0.3, 0.4) is 0 Å². The SMILES string of the molecule is O=C(O)[C@H]1O[C@@H](Oc2ccc3c(=O)c(-c4ccc(O)cc4)coc3c2)[C@H](O)[C@@H](O)[C@@H]1OS(=O)(=O)O. The lowest BCUT2D eigenvalue weighted by molar-refractivity contribution is -0.266. The lowest BCUT2D eigenvalue weighted by Gasteiger charge is -2.39. The molecule has 186 valence electrons. The Kier molecular flexibility index (Phi) is 6.50. The molecule has 0 unspecified atom stereocenters. The van der Waals surface area contributed by atoms with Gasteiger partial charge in [0.15, 0.2) is 11.5 Å². The van der Waals surface area contributed by atoms with Crippen molar-refractivity contribution in [2.45, 2.75) is 30.7 Å². The second-order valence-corrected chi connectivity index (χ2v) is 8.58. The third-order valence-corrected chi connectivity index (χ3v) is 5.66. The summed E-state index contributed by atoms with van der Waals surface area (Å²) in [5.41, 5.74) is 0.426. The minimum Gasteiger partial charge on any atom is -0.508 e. The Bertz CT molecular complexity index is 1410. The van der Waals surface area contributed by atoms with Gasteiger partial charge in [0.25, 0.3) is 0 Å². The first-order valence-corrected chi connectivity index (χ1v) is 11.2. The first-order chi connectivity index (χ1) is 16.4. The molecule has 1 aromatic heterocycles. The average Bonchev–Trinajstić information content (AvgIpc) is 2.79. The number of benzene rings is 2. The molecule has 1 saturated heterocycles. The van der Waals surface area contributed by atoms with Crippen molar-refractivity contribution in [3.05, 3.63) is 59.0 Å². The second kappa shape index (κ2) is 9.26. The molecule has 3 aromatic rings. The molecule has 1 fully saturated rings. The standard InChI is InChI=1S/C21H18O13S/c22-10-3-1-9(2-4-10)13-8-31-14-7-11(5-6-12(14)15(13)23)32-21-17(25)16(24)18(34-35(28,29)30)19(33-21)20(26)27/h1-8,16-19,21-22,24-25H,(H,26,27)(H,28,29,30)/t16-,17-,18+,19+,21-/m1/s1. The number of fused-ring (bicyclic) bond motifs is 1. The Morgan fingerprint density at radius 1 is 1.03 bits per heavy atom. The fourth-order valence-electron chi connectivity index (χ4n) is 3.54. The number of phenols is 1. The lowest BCUT2D eigenvalue weighted by atomic mass is 9.99. The third-order valence-electron chi connectivity index (χ3n) is 5.20. The summed E-state index contributed by atoms with van der Waals surface area (Å²) in [6.45, 7) is 0. The maximum absolute atomic E-state index is 12.9. The maximum atomic E-state index is 12.9. The summed E-state index contributed by atoms with van der Waals surface area (Å²) in [7, 11) is -5.19. The van der Waals surface area contributed by atoms with Gasteiger partial charge in [-0.2, -0.15) is 8.42 Å². The zero-order chi connectivity index (χ0) is 25.5. The van der Waals surface area contributed by atoms with Gasteiger partial charge in [0, 0.05) is 6.07 Å². The molecule has 1 aliphatic heterocycles. The first-order valence-electron chi connectivity index (χ1n) is 9.86. The quantitative estimate of drug-likeness (QED) is 0.282. The van der Waals surface area contributed by atoms with Gasteiger partial charge in [-0.15, -0.1) is 0 Å². The zero-order valence-electron chi connectivity index (χ0n) is 17.4. The van der Waals surface area contributed by atoms with Crippen molar-refractivity contribution < 1.29 is 56.3 Å². The van der Waals surface area contributed by atoms with Crippen molar-refractivity contribution in [3.8, 4) is 22.6 Å². The van der Waals surface area contributed by atoms with Crippen molar-refractivity contribution in [2.75, 3.05) is 0 Å². The van der Waals surface area contributed by atoms with Gasteiger partial charge in [-0.3, -0.25) is 9.35 Å². The smallest absolute Gasteiger partial charge is 0.397 e. The summed E-state index contributed by atoms with van der Waals surface area (Å²) < 4.78 is 51.0. The van der Waals surface area contributed by atoms with Crippen LogP contribution < -0.4 is 10.2 Å². The van der Waals surface area contributed by atoms with Gasteiger partial charge in [0.05, 0.1) is 10.9 Å². The molecule has 0 aliphatic carbocycles. The molecule has 4 rings (SSSR count). The van der Waals surface area contributed by atoms with E-state index in [4.69, 9.17) is 18.4 Å². The van der Waals surface area contributed by atoms with Crippen LogP contribution in [0.1, 0.15) is 0 Å². The Hall–Kier alpha value is -3.53. The van der Waals surface area contributed by atoms with Gasteiger partial charge in [-0.05, 0) is 29.8 Å². The summed E-state index contributed by atoms with van der Waals surface area (Å²) in [6, 6.07) is 9.82. The third kappa shape index (κ3) is 5.12. The first kappa shape index (κ1) is 24.6. The van der Waals surface area contributed by atoms with Crippen LogP contribution in [0, 0.1) is 0 Å².